The van der Waals surface area contributed by atoms with E-state index in [9.17, 15) is 0 Å². The molecule has 114 valence electrons. The van der Waals surface area contributed by atoms with E-state index in [4.69, 9.17) is 5.84 Å². The average Bonchev–Trinajstić information content (AvgIpc) is 2.76. The van der Waals surface area contributed by atoms with Crippen LogP contribution in [0.25, 0.3) is 0 Å². The fourth-order valence-electron chi connectivity index (χ4n) is 1.96. The van der Waals surface area contributed by atoms with Crippen molar-refractivity contribution in [2.45, 2.75) is 34.1 Å². The summed E-state index contributed by atoms with van der Waals surface area (Å²) in [6, 6.07) is 4.28. The van der Waals surface area contributed by atoms with Crippen LogP contribution in [0.1, 0.15) is 35.0 Å². The third-order valence-corrected chi connectivity index (χ3v) is 3.40. The van der Waals surface area contributed by atoms with Crippen LogP contribution in [-0.4, -0.2) is 16.4 Å². The summed E-state index contributed by atoms with van der Waals surface area (Å²) < 4.78 is 1.46. The third-order valence-electron chi connectivity index (χ3n) is 3.40. The molecule has 1 aromatic carbocycles. The van der Waals surface area contributed by atoms with Gasteiger partial charge in [0, 0.05) is 11.5 Å². The highest BCUT2D eigenvalue weighted by atomic mass is 35.5. The van der Waals surface area contributed by atoms with Gasteiger partial charge in [0.15, 0.2) is 0 Å². The van der Waals surface area contributed by atoms with E-state index in [2.05, 4.69) is 53.6 Å². The highest BCUT2D eigenvalue weighted by Crippen LogP contribution is 2.13. The Morgan fingerprint density at radius 2 is 1.95 bits per heavy atom. The number of hydrogen-bond acceptors (Lipinski definition) is 4. The van der Waals surface area contributed by atoms with E-state index < -0.39 is 0 Å². The maximum atomic E-state index is 5.85. The quantitative estimate of drug-likeness (QED) is 0.274. The monoisotopic (exact) mass is 308 g/mol. The van der Waals surface area contributed by atoms with E-state index >= 15 is 0 Å². The first-order valence-electron chi connectivity index (χ1n) is 6.64. The van der Waals surface area contributed by atoms with Gasteiger partial charge in [-0.15, -0.1) is 9.78 Å². The molecule has 7 heteroatoms. The van der Waals surface area contributed by atoms with Crippen LogP contribution in [0, 0.1) is 20.8 Å². The zero-order valence-corrected chi connectivity index (χ0v) is 13.5. The number of rotatable bonds is 4. The van der Waals surface area contributed by atoms with Crippen molar-refractivity contribution in [3.63, 3.8) is 0 Å². The number of anilines is 1. The summed E-state index contributed by atoms with van der Waals surface area (Å²) in [6.07, 6.45) is 2.56. The number of aryl methyl sites for hydroxylation is 4. The zero-order valence-electron chi connectivity index (χ0n) is 12.7. The molecule has 0 saturated carbocycles. The first-order chi connectivity index (χ1) is 9.52. The molecule has 0 aliphatic carbocycles. The highest BCUT2D eigenvalue weighted by Gasteiger charge is 2.14. The molecule has 0 fully saturated rings. The molecule has 1 heterocycles. The minimum absolute atomic E-state index is 0. The minimum atomic E-state index is 0. The number of hydrazone groups is 1. The van der Waals surface area contributed by atoms with Crippen LogP contribution in [0.4, 0.5) is 5.95 Å². The lowest BCUT2D eigenvalue weighted by Gasteiger charge is -2.05. The number of aromatic nitrogens is 3. The van der Waals surface area contributed by atoms with Crippen molar-refractivity contribution >= 4 is 12.2 Å². The average molecular weight is 309 g/mol. The number of aromatic amines is 1. The van der Waals surface area contributed by atoms with Crippen molar-refractivity contribution in [1.82, 2.24) is 10.2 Å². The van der Waals surface area contributed by atoms with E-state index in [1.165, 1.54) is 21.4 Å². The first-order valence-corrected chi connectivity index (χ1v) is 6.64. The summed E-state index contributed by atoms with van der Waals surface area (Å²) in [5.74, 6) is 7.18. The van der Waals surface area contributed by atoms with Crippen LogP contribution in [0.3, 0.4) is 0 Å². The van der Waals surface area contributed by atoms with E-state index in [1.807, 2.05) is 6.92 Å². The van der Waals surface area contributed by atoms with Crippen molar-refractivity contribution in [1.29, 1.82) is 0 Å². The summed E-state index contributed by atoms with van der Waals surface area (Å²) in [6.45, 7) is 8.27. The van der Waals surface area contributed by atoms with Crippen LogP contribution in [0.5, 0.6) is 0 Å². The molecule has 6 nitrogen and oxygen atoms in total. The van der Waals surface area contributed by atoms with Crippen LogP contribution in [-0.2, 0) is 6.42 Å². The summed E-state index contributed by atoms with van der Waals surface area (Å²) in [7, 11) is 0. The second-order valence-electron chi connectivity index (χ2n) is 4.88. The molecule has 0 bridgehead atoms. The van der Waals surface area contributed by atoms with Crippen molar-refractivity contribution in [2.75, 3.05) is 11.3 Å². The van der Waals surface area contributed by atoms with Crippen LogP contribution in [0.2, 0.25) is 0 Å². The highest BCUT2D eigenvalue weighted by molar-refractivity contribution is 5.82. The number of H-pyrrole nitrogens is 1. The Bertz CT molecular complexity index is 647. The zero-order chi connectivity index (χ0) is 14.7. The maximum absolute atomic E-state index is 5.85. The van der Waals surface area contributed by atoms with E-state index in [0.717, 1.165) is 17.8 Å². The molecule has 4 N–H and O–H groups in total. The van der Waals surface area contributed by atoms with Crippen molar-refractivity contribution in [3.05, 3.63) is 40.2 Å². The fourth-order valence-corrected chi connectivity index (χ4v) is 1.96. The van der Waals surface area contributed by atoms with Gasteiger partial charge in [0.2, 0.25) is 5.82 Å². The summed E-state index contributed by atoms with van der Waals surface area (Å²) in [4.78, 5) is 0. The van der Waals surface area contributed by atoms with Gasteiger partial charge in [0.05, 0.1) is 6.21 Å². The number of nitrogens with two attached hydrogens (primary N) is 1. The Kier molecular flexibility index (Phi) is 5.72. The molecule has 0 saturated heterocycles. The predicted molar refractivity (Wildman–Crippen MR) is 80.2 cm³/mol. The van der Waals surface area contributed by atoms with Gasteiger partial charge in [0.25, 0.3) is 0 Å². The minimum Gasteiger partial charge on any atom is -1.00 e. The molecule has 2 aromatic rings. The molecule has 1 aromatic heterocycles. The van der Waals surface area contributed by atoms with Crippen LogP contribution in [0.15, 0.2) is 17.2 Å². The lowest BCUT2D eigenvalue weighted by Crippen LogP contribution is -3.00. The Morgan fingerprint density at radius 1 is 1.29 bits per heavy atom. The number of nitrogens with one attached hydrogen (secondary N) is 2. The predicted octanol–water partition coefficient (Wildman–Crippen LogP) is -1.65. The van der Waals surface area contributed by atoms with Crippen LogP contribution < -0.4 is 28.4 Å². The van der Waals surface area contributed by atoms with Crippen molar-refractivity contribution in [3.8, 4) is 0 Å². The summed E-state index contributed by atoms with van der Waals surface area (Å²) in [5.41, 5.74) is 7.65. The van der Waals surface area contributed by atoms with Gasteiger partial charge in [0.1, 0.15) is 0 Å². The van der Waals surface area contributed by atoms with Crippen molar-refractivity contribution in [2.24, 2.45) is 5.10 Å². The molecule has 0 unspecified atom stereocenters. The second kappa shape index (κ2) is 7.08. The van der Waals surface area contributed by atoms with Gasteiger partial charge < -0.3 is 12.4 Å². The van der Waals surface area contributed by atoms with Gasteiger partial charge >= 0.3 is 5.95 Å². The molecule has 0 amide bonds. The fraction of sp³-hybridized carbons (Fsp3) is 0.357. The second-order valence-corrected chi connectivity index (χ2v) is 4.88. The smallest absolute Gasteiger partial charge is 0.421 e. The lowest BCUT2D eigenvalue weighted by atomic mass is 10.0. The molecule has 0 radical (unpaired) electrons. The standard InChI is InChI=1S/C14H20N6.ClH/c1-5-13-17-19-14(20(13)15)18-16-8-12-7-10(3)9(2)6-11(12)4;/h6-8H,5,15H2,1-4H3,(H,18,19);1H/b16-8+;. The first kappa shape index (κ1) is 17.0. The van der Waals surface area contributed by atoms with E-state index in [0.29, 0.717) is 5.95 Å². The summed E-state index contributed by atoms with van der Waals surface area (Å²) >= 11 is 0. The normalized spacial score (nSPS) is 10.7. The van der Waals surface area contributed by atoms with E-state index in [1.54, 1.807) is 6.21 Å². The van der Waals surface area contributed by atoms with Gasteiger partial charge in [-0.3, -0.25) is 5.84 Å². The SMILES string of the molecule is CCc1[nH]nc(N/N=C/c2cc(C)c(C)cc2C)[n+]1N.[Cl-]. The Hall–Kier alpha value is -2.08. The third kappa shape index (κ3) is 3.72. The Morgan fingerprint density at radius 3 is 2.57 bits per heavy atom. The molecule has 0 aliphatic heterocycles. The number of nitrogen functional groups attached to an aromatic ring is 1. The summed E-state index contributed by atoms with van der Waals surface area (Å²) in [5, 5.41) is 11.1. The van der Waals surface area contributed by atoms with Crippen LogP contribution >= 0.6 is 0 Å². The van der Waals surface area contributed by atoms with Gasteiger partial charge in [-0.25, -0.2) is 0 Å². The number of nitrogens with zero attached hydrogens (tertiary/aromatic N) is 3. The Balaban J connectivity index is 0.00000220. The topological polar surface area (TPSA) is 83.0 Å². The lowest BCUT2D eigenvalue weighted by molar-refractivity contribution is -0.632. The number of benzene rings is 1. The number of hydrogen-bond donors (Lipinski definition) is 3. The molecule has 2 rings (SSSR count). The largest absolute Gasteiger partial charge is 1.00 e. The number of halogens is 1. The van der Waals surface area contributed by atoms with Gasteiger partial charge in [-0.2, -0.15) is 10.5 Å². The molecular formula is C14H21ClN6. The molecule has 0 atom stereocenters. The Labute approximate surface area is 130 Å². The molecule has 0 spiro atoms. The molecule has 0 aliphatic rings. The molecule has 21 heavy (non-hydrogen) atoms. The van der Waals surface area contributed by atoms with E-state index in [-0.39, 0.29) is 12.4 Å². The van der Waals surface area contributed by atoms with Gasteiger partial charge in [-0.05, 0) is 49.1 Å². The van der Waals surface area contributed by atoms with Crippen molar-refractivity contribution < 1.29 is 17.1 Å². The molecular weight excluding hydrogens is 288 g/mol. The maximum Gasteiger partial charge on any atom is 0.421 e. The van der Waals surface area contributed by atoms with Gasteiger partial charge in [-0.1, -0.05) is 13.0 Å².